The summed E-state index contributed by atoms with van der Waals surface area (Å²) >= 11 is 0. The van der Waals surface area contributed by atoms with Gasteiger partial charge in [0.05, 0.1) is 5.69 Å². The topological polar surface area (TPSA) is 12.9 Å². The third-order valence-corrected chi connectivity index (χ3v) is 2.11. The van der Waals surface area contributed by atoms with Crippen LogP contribution in [0.1, 0.15) is 15.2 Å². The third-order valence-electron chi connectivity index (χ3n) is 2.11. The van der Waals surface area contributed by atoms with E-state index in [9.17, 15) is 0 Å². The van der Waals surface area contributed by atoms with Gasteiger partial charge in [0.1, 0.15) is 0 Å². The van der Waals surface area contributed by atoms with Gasteiger partial charge in [0, 0.05) is 15.9 Å². The number of aryl methyl sites for hydroxylation is 2. The summed E-state index contributed by atoms with van der Waals surface area (Å²) in [6, 6.07) is 11.0. The van der Waals surface area contributed by atoms with Gasteiger partial charge in [-0.3, -0.25) is 4.98 Å². The van der Waals surface area contributed by atoms with Crippen LogP contribution in [0.3, 0.4) is 0 Å². The van der Waals surface area contributed by atoms with Crippen LogP contribution in [0.15, 0.2) is 42.6 Å². The lowest BCUT2D eigenvalue weighted by atomic mass is 10.1. The van der Waals surface area contributed by atoms with E-state index in [1.807, 2.05) is 31.2 Å². The summed E-state index contributed by atoms with van der Waals surface area (Å²) in [5.41, 5.74) is 3.11. The van der Waals surface area contributed by atoms with Crippen LogP contribution < -0.4 is 0 Å². The zero-order valence-electron chi connectivity index (χ0n) is 11.0. The van der Waals surface area contributed by atoms with Crippen molar-refractivity contribution in [2.75, 3.05) is 0 Å². The van der Waals surface area contributed by atoms with Gasteiger partial charge in [-0.1, -0.05) is 29.8 Å². The Morgan fingerprint density at radius 3 is 2.57 bits per heavy atom. The summed E-state index contributed by atoms with van der Waals surface area (Å²) in [6.07, 6.45) is 1.54. The van der Waals surface area contributed by atoms with Crippen LogP contribution in [0, 0.1) is 13.8 Å². The van der Waals surface area contributed by atoms with Gasteiger partial charge in [0.2, 0.25) is 0 Å². The zero-order valence-corrected chi connectivity index (χ0v) is 7.99. The second-order valence-electron chi connectivity index (χ2n) is 3.30. The highest BCUT2D eigenvalue weighted by Crippen LogP contribution is 2.17. The molecular formula is C13H13N. The van der Waals surface area contributed by atoms with Crippen LogP contribution in [0.25, 0.3) is 11.3 Å². The SMILES string of the molecule is [2H]C([2H])([2H])c1ccnc(-c2ccc(C)cc2)c1. The number of rotatable bonds is 1. The van der Waals surface area contributed by atoms with Crippen LogP contribution in [0.2, 0.25) is 0 Å². The van der Waals surface area contributed by atoms with Gasteiger partial charge >= 0.3 is 0 Å². The van der Waals surface area contributed by atoms with E-state index in [4.69, 9.17) is 4.11 Å². The molecule has 1 aromatic heterocycles. The van der Waals surface area contributed by atoms with Gasteiger partial charge in [0.25, 0.3) is 0 Å². The molecule has 0 aliphatic rings. The summed E-state index contributed by atoms with van der Waals surface area (Å²) < 4.78 is 22.1. The average molecular weight is 186 g/mol. The van der Waals surface area contributed by atoms with Crippen molar-refractivity contribution < 1.29 is 4.11 Å². The molecule has 2 rings (SSSR count). The van der Waals surface area contributed by atoms with Crippen molar-refractivity contribution in [1.82, 2.24) is 4.98 Å². The molecule has 70 valence electrons. The minimum absolute atomic E-state index is 0.322. The molecule has 0 saturated heterocycles. The molecule has 1 heteroatoms. The molecule has 0 amide bonds. The molecule has 0 radical (unpaired) electrons. The van der Waals surface area contributed by atoms with Gasteiger partial charge in [0.15, 0.2) is 0 Å². The largest absolute Gasteiger partial charge is 0.256 e. The van der Waals surface area contributed by atoms with Crippen molar-refractivity contribution in [2.24, 2.45) is 0 Å². The van der Waals surface area contributed by atoms with Crippen molar-refractivity contribution in [3.05, 3.63) is 53.7 Å². The first kappa shape index (κ1) is 5.97. The maximum absolute atomic E-state index is 7.37. The van der Waals surface area contributed by atoms with Gasteiger partial charge in [-0.2, -0.15) is 0 Å². The Kier molecular flexibility index (Phi) is 1.54. The number of aromatic nitrogens is 1. The molecule has 2 aromatic rings. The molecule has 0 unspecified atom stereocenters. The minimum atomic E-state index is -2.08. The molecule has 0 atom stereocenters. The maximum atomic E-state index is 7.37. The standard InChI is InChI=1S/C13H13N/c1-10-3-5-12(6-4-10)13-9-11(2)7-8-14-13/h3-9H,1-2H3/i2D3. The fourth-order valence-electron chi connectivity index (χ4n) is 1.31. The predicted molar refractivity (Wildman–Crippen MR) is 59.1 cm³/mol. The second-order valence-corrected chi connectivity index (χ2v) is 3.30. The molecule has 0 N–H and O–H groups in total. The lowest BCUT2D eigenvalue weighted by molar-refractivity contribution is 1.28. The first-order valence-corrected chi connectivity index (χ1v) is 4.50. The van der Waals surface area contributed by atoms with Crippen LogP contribution in [-0.2, 0) is 0 Å². The van der Waals surface area contributed by atoms with Crippen LogP contribution >= 0.6 is 0 Å². The Morgan fingerprint density at radius 2 is 1.86 bits per heavy atom. The first-order valence-electron chi connectivity index (χ1n) is 6.00. The van der Waals surface area contributed by atoms with Crippen LogP contribution in [0.5, 0.6) is 0 Å². The van der Waals surface area contributed by atoms with Crippen molar-refractivity contribution in [3.63, 3.8) is 0 Å². The smallest absolute Gasteiger partial charge is 0.0704 e. The quantitative estimate of drug-likeness (QED) is 0.665. The van der Waals surface area contributed by atoms with E-state index in [0.29, 0.717) is 11.3 Å². The average Bonchev–Trinajstić information content (AvgIpc) is 2.29. The fraction of sp³-hybridized carbons (Fsp3) is 0.154. The van der Waals surface area contributed by atoms with E-state index < -0.39 is 6.85 Å². The van der Waals surface area contributed by atoms with Gasteiger partial charge in [-0.25, -0.2) is 0 Å². The predicted octanol–water partition coefficient (Wildman–Crippen LogP) is 3.37. The summed E-state index contributed by atoms with van der Waals surface area (Å²) in [7, 11) is 0. The number of hydrogen-bond donors (Lipinski definition) is 0. The molecule has 0 fully saturated rings. The Bertz CT molecular complexity index is 515. The second kappa shape index (κ2) is 3.62. The summed E-state index contributed by atoms with van der Waals surface area (Å²) in [5.74, 6) is 0. The van der Waals surface area contributed by atoms with Crippen molar-refractivity contribution in [3.8, 4) is 11.3 Å². The number of nitrogens with zero attached hydrogens (tertiary/aromatic N) is 1. The van der Waals surface area contributed by atoms with Gasteiger partial charge < -0.3 is 0 Å². The Labute approximate surface area is 88.7 Å². The van der Waals surface area contributed by atoms with Crippen molar-refractivity contribution >= 4 is 0 Å². The van der Waals surface area contributed by atoms with Crippen LogP contribution in [-0.4, -0.2) is 4.98 Å². The van der Waals surface area contributed by atoms with E-state index in [0.717, 1.165) is 5.56 Å². The molecule has 14 heavy (non-hydrogen) atoms. The first-order chi connectivity index (χ1) is 7.97. The third kappa shape index (κ3) is 1.82. The zero-order chi connectivity index (χ0) is 12.5. The Balaban J connectivity index is 2.43. The lowest BCUT2D eigenvalue weighted by Gasteiger charge is -2.01. The molecule has 0 saturated carbocycles. The molecule has 0 spiro atoms. The molecule has 0 aliphatic carbocycles. The number of benzene rings is 1. The number of pyridine rings is 1. The Hall–Kier alpha value is -1.63. The highest BCUT2D eigenvalue weighted by molar-refractivity contribution is 5.59. The molecule has 0 aliphatic heterocycles. The highest BCUT2D eigenvalue weighted by atomic mass is 14.7. The fourth-order valence-corrected chi connectivity index (χ4v) is 1.31. The summed E-state index contributed by atoms with van der Waals surface area (Å²) in [6.45, 7) is -0.0710. The van der Waals surface area contributed by atoms with Crippen molar-refractivity contribution in [2.45, 2.75) is 13.8 Å². The van der Waals surface area contributed by atoms with E-state index in [1.165, 1.54) is 17.8 Å². The van der Waals surface area contributed by atoms with E-state index >= 15 is 0 Å². The normalized spacial score (nSPS) is 14.2. The summed E-state index contributed by atoms with van der Waals surface area (Å²) in [5, 5.41) is 0. The Morgan fingerprint density at radius 1 is 1.07 bits per heavy atom. The summed E-state index contributed by atoms with van der Waals surface area (Å²) in [4.78, 5) is 4.20. The molecule has 1 heterocycles. The van der Waals surface area contributed by atoms with Crippen LogP contribution in [0.4, 0.5) is 0 Å². The molecular weight excluding hydrogens is 170 g/mol. The van der Waals surface area contributed by atoms with E-state index in [1.54, 1.807) is 6.07 Å². The highest BCUT2D eigenvalue weighted by Gasteiger charge is 1.97. The van der Waals surface area contributed by atoms with E-state index in [-0.39, 0.29) is 0 Å². The van der Waals surface area contributed by atoms with Crippen molar-refractivity contribution in [1.29, 1.82) is 0 Å². The maximum Gasteiger partial charge on any atom is 0.0704 e. The monoisotopic (exact) mass is 186 g/mol. The van der Waals surface area contributed by atoms with Gasteiger partial charge in [-0.15, -0.1) is 0 Å². The minimum Gasteiger partial charge on any atom is -0.256 e. The lowest BCUT2D eigenvalue weighted by Crippen LogP contribution is -1.84. The number of hydrogen-bond acceptors (Lipinski definition) is 1. The van der Waals surface area contributed by atoms with E-state index in [2.05, 4.69) is 4.98 Å². The molecule has 1 aromatic carbocycles. The molecule has 0 bridgehead atoms. The van der Waals surface area contributed by atoms with Gasteiger partial charge in [-0.05, 0) is 31.5 Å². The molecule has 1 nitrogen and oxygen atoms in total.